The van der Waals surface area contributed by atoms with Gasteiger partial charge in [0.2, 0.25) is 5.91 Å². The normalized spacial score (nSPS) is 21.0. The molecular weight excluding hydrogens is 270 g/mol. The van der Waals surface area contributed by atoms with Crippen molar-refractivity contribution in [2.24, 2.45) is 0 Å². The molecule has 0 radical (unpaired) electrons. The molecular formula is C14H21N5O2. The number of aromatic nitrogens is 1. The van der Waals surface area contributed by atoms with Crippen LogP contribution in [-0.2, 0) is 4.79 Å². The largest absolute Gasteiger partial charge is 0.357 e. The van der Waals surface area contributed by atoms with Gasteiger partial charge in [-0.1, -0.05) is 0 Å². The van der Waals surface area contributed by atoms with Gasteiger partial charge < -0.3 is 10.3 Å². The fourth-order valence-electron chi connectivity index (χ4n) is 2.73. The molecule has 7 nitrogen and oxygen atoms in total. The van der Waals surface area contributed by atoms with E-state index in [0.717, 1.165) is 39.3 Å². The number of carbonyl (C=O) groups excluding carboxylic acids is 2. The van der Waals surface area contributed by atoms with E-state index in [0.29, 0.717) is 11.7 Å². The Morgan fingerprint density at radius 2 is 2.00 bits per heavy atom. The second-order valence-corrected chi connectivity index (χ2v) is 5.59. The Hall–Kier alpha value is -1.70. The molecule has 2 aliphatic rings. The van der Waals surface area contributed by atoms with E-state index in [-0.39, 0.29) is 18.4 Å². The maximum atomic E-state index is 11.9. The molecule has 2 fully saturated rings. The second-order valence-electron chi connectivity index (χ2n) is 5.59. The lowest BCUT2D eigenvalue weighted by molar-refractivity contribution is -0.121. The summed E-state index contributed by atoms with van der Waals surface area (Å²) in [4.78, 5) is 31.0. The van der Waals surface area contributed by atoms with Crippen LogP contribution in [0.1, 0.15) is 10.5 Å². The number of imide groups is 1. The van der Waals surface area contributed by atoms with Crippen molar-refractivity contribution in [1.29, 1.82) is 0 Å². The predicted molar refractivity (Wildman–Crippen MR) is 77.9 cm³/mol. The molecule has 21 heavy (non-hydrogen) atoms. The molecule has 114 valence electrons. The van der Waals surface area contributed by atoms with Crippen LogP contribution in [0, 0.1) is 0 Å². The first kappa shape index (κ1) is 14.2. The van der Waals surface area contributed by atoms with Gasteiger partial charge in [-0.25, -0.2) is 0 Å². The Labute approximate surface area is 123 Å². The highest BCUT2D eigenvalue weighted by molar-refractivity contribution is 6.04. The van der Waals surface area contributed by atoms with Gasteiger partial charge in [-0.3, -0.25) is 24.7 Å². The predicted octanol–water partition coefficient (Wildman–Crippen LogP) is -1.14. The van der Waals surface area contributed by atoms with E-state index in [1.165, 1.54) is 0 Å². The summed E-state index contributed by atoms with van der Waals surface area (Å²) in [5.41, 5.74) is 0.408. The first-order valence-electron chi connectivity index (χ1n) is 7.37. The van der Waals surface area contributed by atoms with Crippen LogP contribution in [0.3, 0.4) is 0 Å². The minimum Gasteiger partial charge on any atom is -0.357 e. The molecule has 0 saturated carbocycles. The van der Waals surface area contributed by atoms with Crippen LogP contribution in [0.25, 0.3) is 0 Å². The van der Waals surface area contributed by atoms with Crippen molar-refractivity contribution in [3.05, 3.63) is 24.0 Å². The summed E-state index contributed by atoms with van der Waals surface area (Å²) in [7, 11) is 0. The maximum absolute atomic E-state index is 11.9. The van der Waals surface area contributed by atoms with Crippen LogP contribution in [0.2, 0.25) is 0 Å². The Morgan fingerprint density at radius 3 is 2.57 bits per heavy atom. The number of hydrogen-bond acceptors (Lipinski definition) is 5. The third kappa shape index (κ3) is 3.49. The quantitative estimate of drug-likeness (QED) is 0.653. The number of aromatic amines is 1. The molecule has 0 unspecified atom stereocenters. The highest BCUT2D eigenvalue weighted by Crippen LogP contribution is 2.09. The van der Waals surface area contributed by atoms with E-state index in [9.17, 15) is 9.59 Å². The molecule has 2 aliphatic heterocycles. The van der Waals surface area contributed by atoms with E-state index in [1.807, 2.05) is 0 Å². The van der Waals surface area contributed by atoms with E-state index in [1.54, 1.807) is 18.3 Å². The molecule has 2 saturated heterocycles. The number of amides is 2. The van der Waals surface area contributed by atoms with Gasteiger partial charge in [0.1, 0.15) is 5.69 Å². The fourth-order valence-corrected chi connectivity index (χ4v) is 2.73. The molecule has 3 rings (SSSR count). The van der Waals surface area contributed by atoms with Gasteiger partial charge in [-0.2, -0.15) is 0 Å². The molecule has 3 N–H and O–H groups in total. The molecule has 7 heteroatoms. The molecule has 1 aromatic heterocycles. The van der Waals surface area contributed by atoms with E-state index >= 15 is 0 Å². The smallest absolute Gasteiger partial charge is 0.274 e. The third-order valence-electron chi connectivity index (χ3n) is 4.15. The molecule has 0 bridgehead atoms. The lowest BCUT2D eigenvalue weighted by atomic mass is 10.1. The van der Waals surface area contributed by atoms with Gasteiger partial charge in [0, 0.05) is 51.5 Å². The maximum Gasteiger partial charge on any atom is 0.274 e. The molecule has 0 aliphatic carbocycles. The van der Waals surface area contributed by atoms with Crippen LogP contribution in [0.15, 0.2) is 18.3 Å². The lowest BCUT2D eigenvalue weighted by Gasteiger charge is -2.43. The van der Waals surface area contributed by atoms with Crippen LogP contribution >= 0.6 is 0 Å². The van der Waals surface area contributed by atoms with Crippen molar-refractivity contribution in [1.82, 2.24) is 25.4 Å². The van der Waals surface area contributed by atoms with E-state index in [2.05, 4.69) is 25.4 Å². The summed E-state index contributed by atoms with van der Waals surface area (Å²) >= 11 is 0. The number of nitrogens with zero attached hydrogens (tertiary/aromatic N) is 2. The van der Waals surface area contributed by atoms with Crippen molar-refractivity contribution >= 4 is 11.8 Å². The standard InChI is InChI=1S/C14H21N5O2/c20-13(17-14(21)12-2-1-3-16-12)10-18-4-6-19(7-5-18)11-8-15-9-11/h1-3,11,15-16H,4-10H2,(H,17,20,21). The summed E-state index contributed by atoms with van der Waals surface area (Å²) in [5, 5.41) is 5.69. The third-order valence-corrected chi connectivity index (χ3v) is 4.15. The highest BCUT2D eigenvalue weighted by atomic mass is 16.2. The van der Waals surface area contributed by atoms with Gasteiger partial charge in [0.05, 0.1) is 6.54 Å². The minimum atomic E-state index is -0.371. The average molecular weight is 291 g/mol. The molecule has 2 amide bonds. The summed E-state index contributed by atoms with van der Waals surface area (Å²) in [6.07, 6.45) is 1.66. The molecule has 0 aromatic carbocycles. The van der Waals surface area contributed by atoms with Gasteiger partial charge >= 0.3 is 0 Å². The van der Waals surface area contributed by atoms with Gasteiger partial charge in [0.25, 0.3) is 5.91 Å². The first-order chi connectivity index (χ1) is 10.2. The number of piperazine rings is 1. The number of rotatable bonds is 4. The monoisotopic (exact) mass is 291 g/mol. The fraction of sp³-hybridized carbons (Fsp3) is 0.571. The first-order valence-corrected chi connectivity index (χ1v) is 7.37. The average Bonchev–Trinajstić information content (AvgIpc) is 2.93. The zero-order valence-electron chi connectivity index (χ0n) is 12.0. The van der Waals surface area contributed by atoms with Crippen molar-refractivity contribution in [2.75, 3.05) is 45.8 Å². The topological polar surface area (TPSA) is 80.5 Å². The Bertz CT molecular complexity index is 489. The van der Waals surface area contributed by atoms with Crippen molar-refractivity contribution < 1.29 is 9.59 Å². The molecule has 0 spiro atoms. The Morgan fingerprint density at radius 1 is 1.24 bits per heavy atom. The zero-order chi connectivity index (χ0) is 14.7. The number of nitrogens with one attached hydrogen (secondary N) is 3. The van der Waals surface area contributed by atoms with Crippen LogP contribution < -0.4 is 10.6 Å². The number of hydrogen-bond donors (Lipinski definition) is 3. The molecule has 1 aromatic rings. The van der Waals surface area contributed by atoms with Gasteiger partial charge in [-0.05, 0) is 12.1 Å². The highest BCUT2D eigenvalue weighted by Gasteiger charge is 2.28. The second kappa shape index (κ2) is 6.38. The van der Waals surface area contributed by atoms with Crippen molar-refractivity contribution in [3.63, 3.8) is 0 Å². The lowest BCUT2D eigenvalue weighted by Crippen LogP contribution is -2.62. The van der Waals surface area contributed by atoms with E-state index in [4.69, 9.17) is 0 Å². The molecule has 3 heterocycles. The number of H-pyrrole nitrogens is 1. The minimum absolute atomic E-state index is 0.242. The van der Waals surface area contributed by atoms with Crippen LogP contribution in [0.5, 0.6) is 0 Å². The summed E-state index contributed by atoms with van der Waals surface area (Å²) in [6.45, 7) is 6.16. The van der Waals surface area contributed by atoms with Crippen molar-refractivity contribution in [2.45, 2.75) is 6.04 Å². The Balaban J connectivity index is 1.40. The summed E-state index contributed by atoms with van der Waals surface area (Å²) in [5.74, 6) is -0.613. The summed E-state index contributed by atoms with van der Waals surface area (Å²) in [6, 6.07) is 4.04. The Kier molecular flexibility index (Phi) is 4.33. The van der Waals surface area contributed by atoms with Gasteiger partial charge in [-0.15, -0.1) is 0 Å². The van der Waals surface area contributed by atoms with Crippen LogP contribution in [0.4, 0.5) is 0 Å². The summed E-state index contributed by atoms with van der Waals surface area (Å²) < 4.78 is 0. The van der Waals surface area contributed by atoms with E-state index < -0.39 is 0 Å². The SMILES string of the molecule is O=C(CN1CCN(C2CNC2)CC1)NC(=O)c1ccc[nH]1. The number of carbonyl (C=O) groups is 2. The zero-order valence-corrected chi connectivity index (χ0v) is 12.0. The van der Waals surface area contributed by atoms with Crippen molar-refractivity contribution in [3.8, 4) is 0 Å². The van der Waals surface area contributed by atoms with Gasteiger partial charge in [0.15, 0.2) is 0 Å². The molecule has 0 atom stereocenters. The van der Waals surface area contributed by atoms with Crippen LogP contribution in [-0.4, -0.2) is 78.5 Å².